The monoisotopic (exact) mass is 487 g/mol. The number of aromatic amines is 1. The number of carbonyl (C=O) groups excluding carboxylic acids is 4. The van der Waals surface area contributed by atoms with E-state index in [2.05, 4.69) is 38.5 Å². The van der Waals surface area contributed by atoms with Crippen LogP contribution in [0.5, 0.6) is 0 Å². The Balaban J connectivity index is 2.89. The van der Waals surface area contributed by atoms with Crippen molar-refractivity contribution >= 4 is 42.2 Å². The Labute approximate surface area is 194 Å². The number of carboxylic acid groups (broad SMARTS) is 1. The van der Waals surface area contributed by atoms with Crippen molar-refractivity contribution in [3.05, 3.63) is 18.2 Å². The number of hydrogen-bond acceptors (Lipinski definition) is 9. The van der Waals surface area contributed by atoms with Crippen LogP contribution in [0.25, 0.3) is 0 Å². The van der Waals surface area contributed by atoms with Crippen molar-refractivity contribution in [1.29, 1.82) is 0 Å². The zero-order valence-electron chi connectivity index (χ0n) is 17.9. The topological polar surface area (TPSA) is 243 Å². The van der Waals surface area contributed by atoms with Crippen molar-refractivity contribution < 1.29 is 34.2 Å². The molecular formula is C18H29N7O7S. The average molecular weight is 488 g/mol. The molecule has 10 N–H and O–H groups in total. The van der Waals surface area contributed by atoms with Crippen LogP contribution < -0.4 is 27.4 Å². The van der Waals surface area contributed by atoms with E-state index in [0.29, 0.717) is 5.69 Å². The Kier molecular flexibility index (Phi) is 11.3. The predicted octanol–water partition coefficient (Wildman–Crippen LogP) is -3.61. The van der Waals surface area contributed by atoms with Gasteiger partial charge in [-0.25, -0.2) is 9.78 Å². The van der Waals surface area contributed by atoms with Gasteiger partial charge in [-0.2, -0.15) is 12.6 Å². The van der Waals surface area contributed by atoms with E-state index in [1.54, 1.807) is 0 Å². The average Bonchev–Trinajstić information content (AvgIpc) is 3.24. The van der Waals surface area contributed by atoms with Crippen molar-refractivity contribution in [1.82, 2.24) is 25.9 Å². The molecule has 1 aromatic heterocycles. The lowest BCUT2D eigenvalue weighted by atomic mass is 10.1. The molecule has 0 aliphatic rings. The second-order valence-corrected chi connectivity index (χ2v) is 7.63. The van der Waals surface area contributed by atoms with Crippen molar-refractivity contribution in [3.63, 3.8) is 0 Å². The standard InChI is InChI=1S/C18H29N7O7S/c1-8(26)14(25-15(28)10(19)4-9-5-21-7-22-9)17(30)23-11(2-3-13(20)27)16(29)24-12(6-33)18(31)32/h5,7-8,10-12,14,26,33H,2-4,6,19H2,1H3,(H2,20,27)(H,21,22)(H,23,30)(H,24,29)(H,25,28)(H,31,32). The third-order valence-corrected chi connectivity index (χ3v) is 4.87. The van der Waals surface area contributed by atoms with Crippen LogP contribution >= 0.6 is 12.6 Å². The number of nitrogens with two attached hydrogens (primary N) is 2. The van der Waals surface area contributed by atoms with Crippen LogP contribution in [0.2, 0.25) is 0 Å². The van der Waals surface area contributed by atoms with Gasteiger partial charge in [0.05, 0.1) is 18.5 Å². The molecule has 0 saturated heterocycles. The number of carboxylic acids is 1. The van der Waals surface area contributed by atoms with Gasteiger partial charge in [-0.05, 0) is 13.3 Å². The first kappa shape index (κ1) is 27.9. The van der Waals surface area contributed by atoms with Gasteiger partial charge in [-0.15, -0.1) is 0 Å². The maximum atomic E-state index is 12.7. The fraction of sp³-hybridized carbons (Fsp3) is 0.556. The maximum absolute atomic E-state index is 12.7. The minimum Gasteiger partial charge on any atom is -0.480 e. The molecule has 0 radical (unpaired) electrons. The summed E-state index contributed by atoms with van der Waals surface area (Å²) in [6, 6.07) is -5.28. The summed E-state index contributed by atoms with van der Waals surface area (Å²) in [6.07, 6.45) is 1.06. The summed E-state index contributed by atoms with van der Waals surface area (Å²) in [5.74, 6) is -4.93. The number of primary amides is 1. The molecule has 33 heavy (non-hydrogen) atoms. The van der Waals surface area contributed by atoms with E-state index in [-0.39, 0.29) is 25.0 Å². The molecule has 0 saturated carbocycles. The van der Waals surface area contributed by atoms with Gasteiger partial charge in [0.25, 0.3) is 0 Å². The molecule has 0 aliphatic carbocycles. The summed E-state index contributed by atoms with van der Waals surface area (Å²) in [5, 5.41) is 25.9. The highest BCUT2D eigenvalue weighted by Crippen LogP contribution is 2.04. The van der Waals surface area contributed by atoms with E-state index in [1.807, 2.05) is 0 Å². The lowest BCUT2D eigenvalue weighted by Crippen LogP contribution is -2.60. The molecule has 1 rings (SSSR count). The Morgan fingerprint density at radius 1 is 1.12 bits per heavy atom. The van der Waals surface area contributed by atoms with E-state index in [9.17, 15) is 29.1 Å². The normalized spacial score (nSPS) is 15.4. The van der Waals surface area contributed by atoms with Crippen LogP contribution in [0.4, 0.5) is 0 Å². The van der Waals surface area contributed by atoms with Crippen LogP contribution in [0.15, 0.2) is 12.5 Å². The van der Waals surface area contributed by atoms with Gasteiger partial charge < -0.3 is 42.6 Å². The number of nitrogens with zero attached hydrogens (tertiary/aromatic N) is 1. The maximum Gasteiger partial charge on any atom is 0.327 e. The largest absolute Gasteiger partial charge is 0.480 e. The number of amides is 4. The quantitative estimate of drug-likeness (QED) is 0.117. The summed E-state index contributed by atoms with van der Waals surface area (Å²) in [6.45, 7) is 1.24. The molecule has 0 aliphatic heterocycles. The summed E-state index contributed by atoms with van der Waals surface area (Å²) < 4.78 is 0. The minimum atomic E-state index is -1.49. The fourth-order valence-corrected chi connectivity index (χ4v) is 2.91. The first-order chi connectivity index (χ1) is 15.5. The Morgan fingerprint density at radius 2 is 1.76 bits per heavy atom. The number of thiol groups is 1. The summed E-state index contributed by atoms with van der Waals surface area (Å²) >= 11 is 3.84. The molecule has 15 heteroatoms. The van der Waals surface area contributed by atoms with Gasteiger partial charge in [0.1, 0.15) is 18.1 Å². The number of aliphatic carboxylic acids is 1. The van der Waals surface area contributed by atoms with Gasteiger partial charge in [0.2, 0.25) is 23.6 Å². The lowest BCUT2D eigenvalue weighted by Gasteiger charge is -2.26. The molecule has 0 spiro atoms. The van der Waals surface area contributed by atoms with Crippen molar-refractivity contribution in [2.75, 3.05) is 5.75 Å². The van der Waals surface area contributed by atoms with E-state index in [0.717, 1.165) is 0 Å². The minimum absolute atomic E-state index is 0.0872. The number of aromatic nitrogens is 2. The van der Waals surface area contributed by atoms with Gasteiger partial charge in [0, 0.05) is 30.5 Å². The van der Waals surface area contributed by atoms with Crippen LogP contribution in [0.1, 0.15) is 25.5 Å². The Hall–Kier alpha value is -3.17. The van der Waals surface area contributed by atoms with Crippen molar-refractivity contribution in [2.24, 2.45) is 11.5 Å². The zero-order valence-corrected chi connectivity index (χ0v) is 18.7. The third-order valence-electron chi connectivity index (χ3n) is 4.50. The van der Waals surface area contributed by atoms with E-state index < -0.39 is 59.9 Å². The summed E-state index contributed by atoms with van der Waals surface area (Å²) in [5.41, 5.74) is 11.5. The molecule has 0 aromatic carbocycles. The van der Waals surface area contributed by atoms with Crippen LogP contribution in [0.3, 0.4) is 0 Å². The molecule has 1 heterocycles. The number of H-pyrrole nitrogens is 1. The number of aliphatic hydroxyl groups is 1. The van der Waals surface area contributed by atoms with Crippen LogP contribution in [-0.4, -0.2) is 85.8 Å². The number of carbonyl (C=O) groups is 5. The van der Waals surface area contributed by atoms with Crippen LogP contribution in [0, 0.1) is 0 Å². The molecular weight excluding hydrogens is 458 g/mol. The van der Waals surface area contributed by atoms with Gasteiger partial charge in [0.15, 0.2) is 0 Å². The number of hydrogen-bond donors (Lipinski definition) is 9. The van der Waals surface area contributed by atoms with Crippen LogP contribution in [-0.2, 0) is 30.4 Å². The highest BCUT2D eigenvalue weighted by Gasteiger charge is 2.32. The number of nitrogens with one attached hydrogen (secondary N) is 4. The summed E-state index contributed by atoms with van der Waals surface area (Å²) in [7, 11) is 0. The fourth-order valence-electron chi connectivity index (χ4n) is 2.67. The van der Waals surface area contributed by atoms with Crippen molar-refractivity contribution in [3.8, 4) is 0 Å². The SMILES string of the molecule is CC(O)C(NC(=O)C(N)Cc1cnc[nH]1)C(=O)NC(CCC(N)=O)C(=O)NC(CS)C(=O)O. The zero-order chi connectivity index (χ0) is 25.1. The molecule has 5 unspecified atom stereocenters. The Bertz CT molecular complexity index is 834. The van der Waals surface area contributed by atoms with E-state index >= 15 is 0 Å². The second-order valence-electron chi connectivity index (χ2n) is 7.26. The van der Waals surface area contributed by atoms with Gasteiger partial charge in [-0.1, -0.05) is 0 Å². The Morgan fingerprint density at radius 3 is 2.24 bits per heavy atom. The first-order valence-corrected chi connectivity index (χ1v) is 10.5. The number of imidazole rings is 1. The van der Waals surface area contributed by atoms with E-state index in [4.69, 9.17) is 16.6 Å². The molecule has 0 fully saturated rings. The second kappa shape index (κ2) is 13.4. The number of rotatable bonds is 14. The lowest BCUT2D eigenvalue weighted by molar-refractivity contribution is -0.142. The highest BCUT2D eigenvalue weighted by atomic mass is 32.1. The smallest absolute Gasteiger partial charge is 0.327 e. The highest BCUT2D eigenvalue weighted by molar-refractivity contribution is 7.80. The molecule has 1 aromatic rings. The summed E-state index contributed by atoms with van der Waals surface area (Å²) in [4.78, 5) is 66.5. The molecule has 4 amide bonds. The predicted molar refractivity (Wildman–Crippen MR) is 118 cm³/mol. The van der Waals surface area contributed by atoms with Gasteiger partial charge in [-0.3, -0.25) is 19.2 Å². The molecule has 184 valence electrons. The van der Waals surface area contributed by atoms with Gasteiger partial charge >= 0.3 is 5.97 Å². The molecule has 0 bridgehead atoms. The van der Waals surface area contributed by atoms with Crippen molar-refractivity contribution in [2.45, 2.75) is 56.5 Å². The first-order valence-electron chi connectivity index (χ1n) is 9.90. The number of aliphatic hydroxyl groups excluding tert-OH is 1. The third kappa shape index (κ3) is 9.46. The molecule has 14 nitrogen and oxygen atoms in total. The molecule has 5 atom stereocenters. The van der Waals surface area contributed by atoms with E-state index in [1.165, 1.54) is 19.4 Å².